The maximum Gasteiger partial charge on any atom is 0.317 e. The van der Waals surface area contributed by atoms with E-state index in [4.69, 9.17) is 14.6 Å². The van der Waals surface area contributed by atoms with Crippen molar-refractivity contribution in [3.8, 4) is 0 Å². The van der Waals surface area contributed by atoms with Crippen LogP contribution in [0.5, 0.6) is 0 Å². The Labute approximate surface area is 88.1 Å². The van der Waals surface area contributed by atoms with E-state index in [1.54, 1.807) is 13.8 Å². The molecule has 0 amide bonds. The van der Waals surface area contributed by atoms with E-state index in [9.17, 15) is 9.59 Å². The SMILES string of the molecule is CCOC(COC(=O)CC(=O)O)OCC. The van der Waals surface area contributed by atoms with Gasteiger partial charge in [0.1, 0.15) is 13.0 Å². The van der Waals surface area contributed by atoms with Crippen LogP contribution in [0.25, 0.3) is 0 Å². The molecule has 0 fully saturated rings. The van der Waals surface area contributed by atoms with Gasteiger partial charge >= 0.3 is 11.9 Å². The molecule has 0 radical (unpaired) electrons. The summed E-state index contributed by atoms with van der Waals surface area (Å²) in [5, 5.41) is 8.29. The van der Waals surface area contributed by atoms with E-state index in [-0.39, 0.29) is 6.61 Å². The number of hydrogen-bond acceptors (Lipinski definition) is 5. The summed E-state index contributed by atoms with van der Waals surface area (Å²) in [6.45, 7) is 4.34. The van der Waals surface area contributed by atoms with Crippen LogP contribution in [-0.2, 0) is 23.8 Å². The predicted molar refractivity (Wildman–Crippen MR) is 50.3 cm³/mol. The first-order valence-electron chi connectivity index (χ1n) is 4.70. The van der Waals surface area contributed by atoms with E-state index in [0.717, 1.165) is 0 Å². The highest BCUT2D eigenvalue weighted by molar-refractivity contribution is 5.90. The zero-order chi connectivity index (χ0) is 11.7. The monoisotopic (exact) mass is 220 g/mol. The van der Waals surface area contributed by atoms with Gasteiger partial charge in [-0.1, -0.05) is 0 Å². The minimum Gasteiger partial charge on any atom is -0.481 e. The molecule has 0 bridgehead atoms. The Bertz CT molecular complexity index is 197. The molecule has 0 aliphatic heterocycles. The number of aliphatic carboxylic acids is 1. The van der Waals surface area contributed by atoms with Crippen LogP contribution in [0.4, 0.5) is 0 Å². The molecule has 0 aliphatic rings. The average Bonchev–Trinajstić information content (AvgIpc) is 2.14. The van der Waals surface area contributed by atoms with Crippen molar-refractivity contribution in [2.24, 2.45) is 0 Å². The Morgan fingerprint density at radius 2 is 1.73 bits per heavy atom. The third kappa shape index (κ3) is 7.90. The van der Waals surface area contributed by atoms with E-state index < -0.39 is 24.6 Å². The van der Waals surface area contributed by atoms with Crippen molar-refractivity contribution in [3.63, 3.8) is 0 Å². The van der Waals surface area contributed by atoms with Crippen molar-refractivity contribution in [3.05, 3.63) is 0 Å². The number of carboxylic acids is 1. The lowest BCUT2D eigenvalue weighted by Gasteiger charge is -2.16. The molecule has 0 aliphatic carbocycles. The van der Waals surface area contributed by atoms with Crippen molar-refractivity contribution in [2.45, 2.75) is 26.6 Å². The molecule has 0 aromatic carbocycles. The second-order valence-electron chi connectivity index (χ2n) is 2.59. The molecular formula is C9H16O6. The molecule has 0 spiro atoms. The lowest BCUT2D eigenvalue weighted by molar-refractivity contribution is -0.180. The van der Waals surface area contributed by atoms with Gasteiger partial charge in [-0.3, -0.25) is 9.59 Å². The highest BCUT2D eigenvalue weighted by atomic mass is 16.7. The predicted octanol–water partition coefficient (Wildman–Crippen LogP) is 0.403. The third-order valence-electron chi connectivity index (χ3n) is 1.38. The van der Waals surface area contributed by atoms with Crippen LogP contribution in [-0.4, -0.2) is 43.2 Å². The van der Waals surface area contributed by atoms with E-state index in [1.807, 2.05) is 0 Å². The topological polar surface area (TPSA) is 82.1 Å². The first-order valence-corrected chi connectivity index (χ1v) is 4.70. The summed E-state index contributed by atoms with van der Waals surface area (Å²) >= 11 is 0. The summed E-state index contributed by atoms with van der Waals surface area (Å²) in [7, 11) is 0. The molecular weight excluding hydrogens is 204 g/mol. The minimum atomic E-state index is -1.22. The molecule has 6 heteroatoms. The number of carbonyl (C=O) groups excluding carboxylic acids is 1. The maximum atomic E-state index is 10.9. The summed E-state index contributed by atoms with van der Waals surface area (Å²) in [4.78, 5) is 21.0. The summed E-state index contributed by atoms with van der Waals surface area (Å²) in [6, 6.07) is 0. The fourth-order valence-electron chi connectivity index (χ4n) is 0.852. The first-order chi connectivity index (χ1) is 7.10. The fourth-order valence-corrected chi connectivity index (χ4v) is 0.852. The van der Waals surface area contributed by atoms with Crippen LogP contribution in [0.2, 0.25) is 0 Å². The molecule has 0 aromatic heterocycles. The van der Waals surface area contributed by atoms with Crippen LogP contribution >= 0.6 is 0 Å². The van der Waals surface area contributed by atoms with Crippen molar-refractivity contribution in [1.29, 1.82) is 0 Å². The van der Waals surface area contributed by atoms with Crippen molar-refractivity contribution in [2.75, 3.05) is 19.8 Å². The van der Waals surface area contributed by atoms with Gasteiger partial charge in [-0.25, -0.2) is 0 Å². The number of ether oxygens (including phenoxy) is 3. The summed E-state index contributed by atoms with van der Waals surface area (Å²) in [5.74, 6) is -2.02. The second kappa shape index (κ2) is 8.19. The van der Waals surface area contributed by atoms with Gasteiger partial charge in [-0.05, 0) is 13.8 Å². The molecule has 0 aromatic rings. The Morgan fingerprint density at radius 3 is 2.13 bits per heavy atom. The Hall–Kier alpha value is -1.14. The van der Waals surface area contributed by atoms with Crippen LogP contribution in [0.3, 0.4) is 0 Å². The van der Waals surface area contributed by atoms with Gasteiger partial charge in [-0.2, -0.15) is 0 Å². The first kappa shape index (κ1) is 13.9. The Morgan fingerprint density at radius 1 is 1.20 bits per heavy atom. The second-order valence-corrected chi connectivity index (χ2v) is 2.59. The number of carboxylic acid groups (broad SMARTS) is 1. The molecule has 0 unspecified atom stereocenters. The number of rotatable bonds is 8. The Balaban J connectivity index is 3.77. The molecule has 6 nitrogen and oxygen atoms in total. The van der Waals surface area contributed by atoms with Crippen LogP contribution in [0.1, 0.15) is 20.3 Å². The van der Waals surface area contributed by atoms with Crippen molar-refractivity contribution in [1.82, 2.24) is 0 Å². The molecule has 0 heterocycles. The summed E-state index contributed by atoms with van der Waals surface area (Å²) in [6.07, 6.45) is -1.27. The quantitative estimate of drug-likeness (QED) is 0.362. The van der Waals surface area contributed by atoms with Crippen molar-refractivity contribution < 1.29 is 28.9 Å². The van der Waals surface area contributed by atoms with Gasteiger partial charge in [0.2, 0.25) is 0 Å². The fraction of sp³-hybridized carbons (Fsp3) is 0.778. The number of carbonyl (C=O) groups is 2. The minimum absolute atomic E-state index is 0.0895. The molecule has 0 saturated carbocycles. The van der Waals surface area contributed by atoms with Gasteiger partial charge in [0.15, 0.2) is 6.29 Å². The van der Waals surface area contributed by atoms with Gasteiger partial charge in [-0.15, -0.1) is 0 Å². The largest absolute Gasteiger partial charge is 0.481 e. The van der Waals surface area contributed by atoms with Gasteiger partial charge in [0, 0.05) is 13.2 Å². The van der Waals surface area contributed by atoms with Crippen LogP contribution in [0.15, 0.2) is 0 Å². The summed E-state index contributed by atoms with van der Waals surface area (Å²) in [5.41, 5.74) is 0. The van der Waals surface area contributed by atoms with E-state index >= 15 is 0 Å². The molecule has 0 atom stereocenters. The molecule has 15 heavy (non-hydrogen) atoms. The van der Waals surface area contributed by atoms with E-state index in [2.05, 4.69) is 4.74 Å². The lowest BCUT2D eigenvalue weighted by atomic mass is 10.4. The normalized spacial score (nSPS) is 10.3. The highest BCUT2D eigenvalue weighted by Gasteiger charge is 2.13. The maximum absolute atomic E-state index is 10.9. The van der Waals surface area contributed by atoms with E-state index in [0.29, 0.717) is 13.2 Å². The zero-order valence-electron chi connectivity index (χ0n) is 8.89. The van der Waals surface area contributed by atoms with Gasteiger partial charge in [0.05, 0.1) is 0 Å². The number of esters is 1. The van der Waals surface area contributed by atoms with Gasteiger partial charge < -0.3 is 19.3 Å². The lowest BCUT2D eigenvalue weighted by Crippen LogP contribution is -2.26. The molecule has 88 valence electrons. The van der Waals surface area contributed by atoms with Crippen LogP contribution in [0, 0.1) is 0 Å². The summed E-state index contributed by atoms with van der Waals surface area (Å²) < 4.78 is 14.8. The highest BCUT2D eigenvalue weighted by Crippen LogP contribution is 1.97. The average molecular weight is 220 g/mol. The molecule has 1 N–H and O–H groups in total. The van der Waals surface area contributed by atoms with E-state index in [1.165, 1.54) is 0 Å². The van der Waals surface area contributed by atoms with Crippen molar-refractivity contribution >= 4 is 11.9 Å². The number of hydrogen-bond donors (Lipinski definition) is 1. The third-order valence-corrected chi connectivity index (χ3v) is 1.38. The molecule has 0 saturated heterocycles. The molecule has 0 rings (SSSR count). The van der Waals surface area contributed by atoms with Gasteiger partial charge in [0.25, 0.3) is 0 Å². The smallest absolute Gasteiger partial charge is 0.317 e. The van der Waals surface area contributed by atoms with Crippen LogP contribution < -0.4 is 0 Å². The Kier molecular flexibility index (Phi) is 7.57. The standard InChI is InChI=1S/C9H16O6/c1-3-13-9(14-4-2)6-15-8(12)5-7(10)11/h9H,3-6H2,1-2H3,(H,10,11). The zero-order valence-corrected chi connectivity index (χ0v) is 8.89.